The maximum absolute atomic E-state index is 9.23. The quantitative estimate of drug-likeness (QED) is 0.294. The Labute approximate surface area is 223 Å². The topological polar surface area (TPSA) is 116 Å². The summed E-state index contributed by atoms with van der Waals surface area (Å²) in [4.78, 5) is 8.47. The molecule has 1 aliphatic heterocycles. The summed E-state index contributed by atoms with van der Waals surface area (Å²) in [6.45, 7) is 12.0. The summed E-state index contributed by atoms with van der Waals surface area (Å²) in [6, 6.07) is 12.1. The van der Waals surface area contributed by atoms with Gasteiger partial charge >= 0.3 is 0 Å². The van der Waals surface area contributed by atoms with Crippen molar-refractivity contribution in [2.45, 2.75) is 72.5 Å². The van der Waals surface area contributed by atoms with Gasteiger partial charge in [0.2, 0.25) is 5.82 Å². The molecule has 4 aromatic rings. The van der Waals surface area contributed by atoms with Crippen molar-refractivity contribution in [2.75, 3.05) is 11.5 Å². The van der Waals surface area contributed by atoms with Crippen LogP contribution in [0.2, 0.25) is 0 Å². The molecule has 0 amide bonds. The highest BCUT2D eigenvalue weighted by atomic mass is 32.2. The van der Waals surface area contributed by atoms with Crippen LogP contribution in [0.5, 0.6) is 0 Å². The van der Waals surface area contributed by atoms with Crippen LogP contribution in [-0.2, 0) is 10.5 Å². The minimum atomic E-state index is -0.134. The van der Waals surface area contributed by atoms with Gasteiger partial charge in [-0.3, -0.25) is 0 Å². The zero-order valence-corrected chi connectivity index (χ0v) is 23.3. The zero-order valence-electron chi connectivity index (χ0n) is 22.5. The number of nitrogens with zero attached hydrogens (tertiary/aromatic N) is 5. The van der Waals surface area contributed by atoms with Crippen molar-refractivity contribution in [3.63, 3.8) is 0 Å². The summed E-state index contributed by atoms with van der Waals surface area (Å²) < 4.78 is 14.0. The summed E-state index contributed by atoms with van der Waals surface area (Å²) in [5.41, 5.74) is 10.8. The molecule has 9 heteroatoms. The van der Waals surface area contributed by atoms with Crippen LogP contribution in [0.1, 0.15) is 69.4 Å². The van der Waals surface area contributed by atoms with E-state index in [2.05, 4.69) is 15.1 Å². The molecule has 0 spiro atoms. The second kappa shape index (κ2) is 13.3. The molecule has 4 heterocycles. The van der Waals surface area contributed by atoms with E-state index >= 15 is 0 Å². The number of benzene rings is 1. The monoisotopic (exact) mass is 520 g/mol. The van der Waals surface area contributed by atoms with Gasteiger partial charge in [-0.25, -0.2) is 9.97 Å². The smallest absolute Gasteiger partial charge is 0.236 e. The van der Waals surface area contributed by atoms with Crippen LogP contribution in [0, 0.1) is 25.2 Å². The number of hydrogen-bond acceptors (Lipinski definition) is 8. The number of aryl methyl sites for hydroxylation is 2. The highest BCUT2D eigenvalue weighted by molar-refractivity contribution is 7.98. The number of rotatable bonds is 6. The molecular formula is C28H36N6O2S. The standard InChI is InChI=1S/C24H24N6O2S.2C2H6/c1-14-11-30(24-21(14)23(26)27-19(10-25)28-24)20-9-8-17(31-20)12-33-13-18-15(2)29-32-22(18)16-6-4-3-5-7-16;2*1-2/h3-7,11,17,20H,8-9,12-13H2,1-2H3,(H2,26,27,28);2*1-2H3. The summed E-state index contributed by atoms with van der Waals surface area (Å²) in [6.07, 6.45) is 3.82. The van der Waals surface area contributed by atoms with Gasteiger partial charge in [0.25, 0.3) is 0 Å². The Bertz CT molecular complexity index is 1340. The Morgan fingerprint density at radius 3 is 2.54 bits per heavy atom. The molecule has 5 rings (SSSR count). The Hall–Kier alpha value is -3.35. The molecule has 2 N–H and O–H groups in total. The third-order valence-electron chi connectivity index (χ3n) is 5.96. The average Bonchev–Trinajstić information content (AvgIpc) is 3.64. The van der Waals surface area contributed by atoms with Crippen LogP contribution < -0.4 is 5.73 Å². The van der Waals surface area contributed by atoms with Gasteiger partial charge in [-0.1, -0.05) is 63.2 Å². The number of fused-ring (bicyclic) bond motifs is 1. The number of anilines is 1. The minimum Gasteiger partial charge on any atom is -0.383 e. The van der Waals surface area contributed by atoms with Crippen molar-refractivity contribution in [2.24, 2.45) is 0 Å². The van der Waals surface area contributed by atoms with E-state index in [9.17, 15) is 5.26 Å². The molecule has 196 valence electrons. The number of nitriles is 1. The largest absolute Gasteiger partial charge is 0.383 e. The first-order chi connectivity index (χ1) is 18.0. The molecule has 37 heavy (non-hydrogen) atoms. The molecule has 0 saturated carbocycles. The van der Waals surface area contributed by atoms with Gasteiger partial charge in [-0.05, 0) is 32.3 Å². The minimum absolute atomic E-state index is 0.0720. The molecule has 0 bridgehead atoms. The number of nitrogen functional groups attached to an aromatic ring is 1. The SMILES string of the molecule is CC.CC.Cc1noc(-c2ccccc2)c1CSCC1CCC(n2cc(C)c3c(N)nc(C#N)nc32)O1. The van der Waals surface area contributed by atoms with Crippen molar-refractivity contribution >= 4 is 28.6 Å². The predicted molar refractivity (Wildman–Crippen MR) is 150 cm³/mol. The molecule has 1 saturated heterocycles. The van der Waals surface area contributed by atoms with Crippen LogP contribution in [-0.4, -0.2) is 31.5 Å². The molecule has 1 fully saturated rings. The van der Waals surface area contributed by atoms with Crippen molar-refractivity contribution in [3.05, 3.63) is 59.2 Å². The normalized spacial score (nSPS) is 16.5. The van der Waals surface area contributed by atoms with Crippen molar-refractivity contribution < 1.29 is 9.26 Å². The van der Waals surface area contributed by atoms with Crippen LogP contribution in [0.25, 0.3) is 22.4 Å². The molecule has 1 aromatic carbocycles. The fourth-order valence-corrected chi connectivity index (χ4v) is 5.49. The van der Waals surface area contributed by atoms with E-state index in [0.717, 1.165) is 57.9 Å². The molecule has 0 radical (unpaired) electrons. The van der Waals surface area contributed by atoms with Crippen LogP contribution in [0.3, 0.4) is 0 Å². The molecule has 2 unspecified atom stereocenters. The number of thioether (sulfide) groups is 1. The van der Waals surface area contributed by atoms with Crippen molar-refractivity contribution in [1.82, 2.24) is 19.7 Å². The summed E-state index contributed by atoms with van der Waals surface area (Å²) in [5, 5.41) is 14.2. The molecule has 2 atom stereocenters. The lowest BCUT2D eigenvalue weighted by Crippen LogP contribution is -2.13. The zero-order chi connectivity index (χ0) is 26.9. The van der Waals surface area contributed by atoms with Crippen molar-refractivity contribution in [3.8, 4) is 17.4 Å². The lowest BCUT2D eigenvalue weighted by molar-refractivity contribution is 0.0156. The lowest BCUT2D eigenvalue weighted by Gasteiger charge is -2.16. The molecule has 0 aliphatic carbocycles. The number of ether oxygens (including phenoxy) is 1. The molecule has 1 aliphatic rings. The van der Waals surface area contributed by atoms with Crippen molar-refractivity contribution in [1.29, 1.82) is 5.26 Å². The van der Waals surface area contributed by atoms with Gasteiger partial charge in [0.1, 0.15) is 23.8 Å². The fraction of sp³-hybridized carbons (Fsp3) is 0.429. The molecule has 8 nitrogen and oxygen atoms in total. The third kappa shape index (κ3) is 6.14. The number of nitrogens with two attached hydrogens (primary N) is 1. The Kier molecular flexibility index (Phi) is 10.1. The van der Waals surface area contributed by atoms with Crippen LogP contribution >= 0.6 is 11.8 Å². The summed E-state index contributed by atoms with van der Waals surface area (Å²) >= 11 is 1.82. The third-order valence-corrected chi connectivity index (χ3v) is 7.06. The van der Waals surface area contributed by atoms with Gasteiger partial charge in [0.15, 0.2) is 5.76 Å². The number of hydrogen-bond donors (Lipinski definition) is 1. The second-order valence-electron chi connectivity index (χ2n) is 8.21. The van der Waals surface area contributed by atoms with E-state index in [0.29, 0.717) is 11.5 Å². The molecular weight excluding hydrogens is 484 g/mol. The molecule has 3 aromatic heterocycles. The Morgan fingerprint density at radius 2 is 1.84 bits per heavy atom. The van der Waals surface area contributed by atoms with E-state index < -0.39 is 0 Å². The van der Waals surface area contributed by atoms with Crippen LogP contribution in [0.4, 0.5) is 5.82 Å². The van der Waals surface area contributed by atoms with Gasteiger partial charge in [-0.15, -0.1) is 0 Å². The van der Waals surface area contributed by atoms with E-state index in [-0.39, 0.29) is 18.2 Å². The predicted octanol–water partition coefficient (Wildman–Crippen LogP) is 6.82. The summed E-state index contributed by atoms with van der Waals surface area (Å²) in [5.74, 6) is 2.92. The Balaban J connectivity index is 0.000000907. The summed E-state index contributed by atoms with van der Waals surface area (Å²) in [7, 11) is 0. The van der Waals surface area contributed by atoms with Gasteiger partial charge in [0.05, 0.1) is 17.2 Å². The average molecular weight is 521 g/mol. The number of aromatic nitrogens is 4. The van der Waals surface area contributed by atoms with E-state index in [1.165, 1.54) is 0 Å². The van der Waals surface area contributed by atoms with Gasteiger partial charge in [0, 0.05) is 28.8 Å². The van der Waals surface area contributed by atoms with Gasteiger partial charge < -0.3 is 19.6 Å². The maximum atomic E-state index is 9.23. The highest BCUT2D eigenvalue weighted by Gasteiger charge is 2.29. The van der Waals surface area contributed by atoms with E-state index in [1.54, 1.807) is 0 Å². The fourth-order valence-electron chi connectivity index (χ4n) is 4.32. The first-order valence-electron chi connectivity index (χ1n) is 12.8. The second-order valence-corrected chi connectivity index (χ2v) is 9.24. The Morgan fingerprint density at radius 1 is 1.11 bits per heavy atom. The van der Waals surface area contributed by atoms with E-state index in [4.69, 9.17) is 15.0 Å². The maximum Gasteiger partial charge on any atom is 0.236 e. The van der Waals surface area contributed by atoms with Crippen LogP contribution in [0.15, 0.2) is 41.1 Å². The first kappa shape index (κ1) is 28.2. The first-order valence-corrected chi connectivity index (χ1v) is 14.0. The lowest BCUT2D eigenvalue weighted by atomic mass is 10.1. The van der Waals surface area contributed by atoms with Gasteiger partial charge in [-0.2, -0.15) is 17.0 Å². The van der Waals surface area contributed by atoms with E-state index in [1.807, 2.05) is 100 Å². The highest BCUT2D eigenvalue weighted by Crippen LogP contribution is 2.36.